The van der Waals surface area contributed by atoms with Crippen molar-refractivity contribution in [2.45, 2.75) is 26.2 Å². The fourth-order valence-electron chi connectivity index (χ4n) is 4.41. The molecule has 6 aromatic rings. The summed E-state index contributed by atoms with van der Waals surface area (Å²) >= 11 is 0. The topological polar surface area (TPSA) is 63.1 Å². The molecule has 0 aliphatic rings. The van der Waals surface area contributed by atoms with E-state index in [1.54, 1.807) is 18.2 Å². The molecule has 0 unspecified atom stereocenters. The molecule has 0 fully saturated rings. The molecule has 1 heterocycles. The van der Waals surface area contributed by atoms with Crippen LogP contribution in [0.15, 0.2) is 97.2 Å². The number of para-hydroxylation sites is 1. The molecule has 0 aliphatic carbocycles. The Morgan fingerprint density at radius 3 is 2.11 bits per heavy atom. The van der Waals surface area contributed by atoms with Gasteiger partial charge in [0.25, 0.3) is 0 Å². The maximum absolute atomic E-state index is 10.1. The minimum Gasteiger partial charge on any atom is -0.507 e. The second-order valence-electron chi connectivity index (χ2n) is 9.96. The van der Waals surface area contributed by atoms with Gasteiger partial charge in [-0.3, -0.25) is 9.78 Å². The minimum atomic E-state index is 0. The van der Waals surface area contributed by atoms with Crippen LogP contribution in [0.25, 0.3) is 43.8 Å². The van der Waals surface area contributed by atoms with Gasteiger partial charge in [0.2, 0.25) is 0 Å². The van der Waals surface area contributed by atoms with E-state index in [-0.39, 0.29) is 31.3 Å². The molecule has 1 aromatic heterocycles. The molecule has 4 nitrogen and oxygen atoms in total. The minimum absolute atomic E-state index is 0. The number of nitrogens with zero attached hydrogens (tertiary/aromatic N) is 2. The quantitative estimate of drug-likeness (QED) is 0.115. The van der Waals surface area contributed by atoms with E-state index in [0.717, 1.165) is 33.1 Å². The SMILES string of the molecule is CC(C)(C)c1ccc(-c2cnc3c4[c-]cccc4c4ccccc4c3n2)cc1.O=Cc1ccccc1O.[Ir]. The van der Waals surface area contributed by atoms with Gasteiger partial charge in [-0.25, -0.2) is 0 Å². The first-order chi connectivity index (χ1) is 17.9. The average molecular weight is 676 g/mol. The van der Waals surface area contributed by atoms with Crippen molar-refractivity contribution >= 4 is 38.9 Å². The van der Waals surface area contributed by atoms with E-state index in [0.29, 0.717) is 11.8 Å². The molecule has 0 saturated carbocycles. The second kappa shape index (κ2) is 11.2. The zero-order valence-corrected chi connectivity index (χ0v) is 23.8. The zero-order valence-electron chi connectivity index (χ0n) is 21.4. The molecular weight excluding hydrogens is 649 g/mol. The largest absolute Gasteiger partial charge is 0.507 e. The molecule has 6 rings (SSSR count). The predicted molar refractivity (Wildman–Crippen MR) is 151 cm³/mol. The number of phenols is 1. The summed E-state index contributed by atoms with van der Waals surface area (Å²) in [5.74, 6) is 0.0347. The average Bonchev–Trinajstić information content (AvgIpc) is 2.93. The van der Waals surface area contributed by atoms with E-state index in [1.807, 2.05) is 18.3 Å². The van der Waals surface area contributed by atoms with E-state index in [4.69, 9.17) is 15.1 Å². The predicted octanol–water partition coefficient (Wildman–Crippen LogP) is 7.90. The van der Waals surface area contributed by atoms with Crippen LogP contribution in [-0.2, 0) is 25.5 Å². The maximum atomic E-state index is 10.1. The van der Waals surface area contributed by atoms with E-state index >= 15 is 0 Å². The van der Waals surface area contributed by atoms with Crippen LogP contribution in [0.4, 0.5) is 0 Å². The third-order valence-electron chi connectivity index (χ3n) is 6.45. The van der Waals surface area contributed by atoms with Gasteiger partial charge in [-0.2, -0.15) is 0 Å². The Balaban J connectivity index is 0.000000288. The Labute approximate surface area is 235 Å². The molecule has 0 bridgehead atoms. The summed E-state index contributed by atoms with van der Waals surface area (Å²) in [6.07, 6.45) is 2.50. The van der Waals surface area contributed by atoms with Crippen molar-refractivity contribution < 1.29 is 30.0 Å². The first kappa shape index (κ1) is 27.1. The van der Waals surface area contributed by atoms with Crippen molar-refractivity contribution in [3.8, 4) is 17.0 Å². The van der Waals surface area contributed by atoms with Crippen LogP contribution >= 0.6 is 0 Å². The number of aromatic hydroxyl groups is 1. The third kappa shape index (κ3) is 5.35. The molecule has 0 aliphatic heterocycles. The van der Waals surface area contributed by atoms with Crippen LogP contribution in [0.2, 0.25) is 0 Å². The Morgan fingerprint density at radius 1 is 0.789 bits per heavy atom. The summed E-state index contributed by atoms with van der Waals surface area (Å²) in [6, 6.07) is 33.0. The number of rotatable bonds is 2. The van der Waals surface area contributed by atoms with Crippen LogP contribution in [0.1, 0.15) is 36.7 Å². The maximum Gasteiger partial charge on any atom is 0.153 e. The number of carbonyl (C=O) groups is 1. The summed E-state index contributed by atoms with van der Waals surface area (Å²) in [4.78, 5) is 19.9. The van der Waals surface area contributed by atoms with Crippen molar-refractivity contribution in [2.75, 3.05) is 0 Å². The molecule has 0 spiro atoms. The summed E-state index contributed by atoms with van der Waals surface area (Å²) < 4.78 is 0. The molecule has 38 heavy (non-hydrogen) atoms. The number of benzene rings is 5. The van der Waals surface area contributed by atoms with Gasteiger partial charge in [0.1, 0.15) is 5.75 Å². The van der Waals surface area contributed by atoms with Gasteiger partial charge < -0.3 is 10.1 Å². The number of carbonyl (C=O) groups excluding carboxylic acids is 1. The van der Waals surface area contributed by atoms with Gasteiger partial charge in [-0.05, 0) is 28.5 Å². The normalized spacial score (nSPS) is 11.0. The van der Waals surface area contributed by atoms with Gasteiger partial charge >= 0.3 is 0 Å². The van der Waals surface area contributed by atoms with Gasteiger partial charge in [0.15, 0.2) is 6.29 Å². The van der Waals surface area contributed by atoms with Crippen molar-refractivity contribution in [3.05, 3.63) is 114 Å². The number of aldehydes is 1. The summed E-state index contributed by atoms with van der Waals surface area (Å²) in [5, 5.41) is 13.4. The summed E-state index contributed by atoms with van der Waals surface area (Å²) in [7, 11) is 0. The first-order valence-corrected chi connectivity index (χ1v) is 12.2. The molecule has 0 saturated heterocycles. The Morgan fingerprint density at radius 2 is 1.45 bits per heavy atom. The standard InChI is InChI=1S/C26H21N2.C7H6O2.Ir/c1-26(2,3)18-14-12-17(13-15-18)23-16-27-24-21-10-6-4-8-19(21)20-9-5-7-11-22(20)25(24)28-23;8-5-6-3-1-2-4-7(6)9;/h4-9,11-16H,1-3H3;1-5,9H;/q-1;;. The number of fused-ring (bicyclic) bond motifs is 6. The number of hydrogen-bond donors (Lipinski definition) is 1. The molecule has 0 amide bonds. The fraction of sp³-hybridized carbons (Fsp3) is 0.121. The molecule has 1 radical (unpaired) electrons. The summed E-state index contributed by atoms with van der Waals surface area (Å²) in [6.45, 7) is 6.68. The number of phenolic OH excluding ortho intramolecular Hbond substituents is 1. The van der Waals surface area contributed by atoms with Crippen LogP contribution in [0.3, 0.4) is 0 Å². The molecule has 5 heteroatoms. The van der Waals surface area contributed by atoms with Crippen LogP contribution in [0.5, 0.6) is 5.75 Å². The van der Waals surface area contributed by atoms with Crippen molar-refractivity contribution in [1.82, 2.24) is 9.97 Å². The van der Waals surface area contributed by atoms with Gasteiger partial charge in [-0.15, -0.1) is 29.7 Å². The smallest absolute Gasteiger partial charge is 0.153 e. The van der Waals surface area contributed by atoms with Crippen LogP contribution < -0.4 is 0 Å². The van der Waals surface area contributed by atoms with Gasteiger partial charge in [-0.1, -0.05) is 92.2 Å². The second-order valence-corrected chi connectivity index (χ2v) is 9.96. The molecular formula is C33H27IrN2O2-. The monoisotopic (exact) mass is 676 g/mol. The van der Waals surface area contributed by atoms with E-state index in [2.05, 4.69) is 81.4 Å². The van der Waals surface area contributed by atoms with Gasteiger partial charge in [0.05, 0.1) is 16.8 Å². The zero-order chi connectivity index (χ0) is 26.0. The number of hydrogen-bond acceptors (Lipinski definition) is 4. The van der Waals surface area contributed by atoms with Crippen molar-refractivity contribution in [1.29, 1.82) is 0 Å². The Hall–Kier alpha value is -3.92. The summed E-state index contributed by atoms with van der Waals surface area (Å²) in [5.41, 5.74) is 5.61. The van der Waals surface area contributed by atoms with Gasteiger partial charge in [0, 0.05) is 37.4 Å². The van der Waals surface area contributed by atoms with E-state index in [1.165, 1.54) is 22.4 Å². The van der Waals surface area contributed by atoms with Crippen molar-refractivity contribution in [3.63, 3.8) is 0 Å². The molecule has 191 valence electrons. The fourth-order valence-corrected chi connectivity index (χ4v) is 4.41. The van der Waals surface area contributed by atoms with E-state index < -0.39 is 0 Å². The third-order valence-corrected chi connectivity index (χ3v) is 6.45. The number of aromatic nitrogens is 2. The first-order valence-electron chi connectivity index (χ1n) is 12.2. The van der Waals surface area contributed by atoms with Crippen LogP contribution in [-0.4, -0.2) is 21.4 Å². The van der Waals surface area contributed by atoms with E-state index in [9.17, 15) is 4.79 Å². The van der Waals surface area contributed by atoms with Crippen LogP contribution in [0, 0.1) is 6.07 Å². The molecule has 5 aromatic carbocycles. The molecule has 0 atom stereocenters. The Bertz CT molecular complexity index is 1700. The Kier molecular flexibility index (Phi) is 8.01. The van der Waals surface area contributed by atoms with Crippen molar-refractivity contribution in [2.24, 2.45) is 0 Å². The molecule has 1 N–H and O–H groups in total.